The molecule has 1 aliphatic heterocycles. The van der Waals surface area contributed by atoms with Crippen LogP contribution in [0.15, 0.2) is 24.5 Å². The Hall–Kier alpha value is -3.39. The number of pyridine rings is 1. The number of hydrogen-bond donors (Lipinski definition) is 0. The van der Waals surface area contributed by atoms with Crippen molar-refractivity contribution in [2.45, 2.75) is 71.9 Å². The van der Waals surface area contributed by atoms with Gasteiger partial charge in [-0.2, -0.15) is 13.9 Å². The highest BCUT2D eigenvalue weighted by molar-refractivity contribution is 6.76. The van der Waals surface area contributed by atoms with Gasteiger partial charge in [0.1, 0.15) is 18.1 Å². The Kier molecular flexibility index (Phi) is 7.91. The van der Waals surface area contributed by atoms with E-state index in [1.165, 1.54) is 9.36 Å². The van der Waals surface area contributed by atoms with Crippen LogP contribution in [0, 0.1) is 0 Å². The minimum atomic E-state index is -3.14. The molecule has 4 aromatic rings. The van der Waals surface area contributed by atoms with Gasteiger partial charge in [-0.05, 0) is 25.1 Å². The normalized spacial score (nSPS) is 13.8. The largest absolute Gasteiger partial charge is 0.477 e. The molecule has 5 heterocycles. The van der Waals surface area contributed by atoms with Gasteiger partial charge in [-0.3, -0.25) is 4.68 Å². The fourth-order valence-corrected chi connectivity index (χ4v) is 5.55. The zero-order valence-corrected chi connectivity index (χ0v) is 23.8. The maximum atomic E-state index is 14.5. The Morgan fingerprint density at radius 2 is 1.93 bits per heavy atom. The second kappa shape index (κ2) is 11.2. The minimum Gasteiger partial charge on any atom is -0.477 e. The molecule has 1 aliphatic rings. The molecular formula is C26H32F4N6O3Si. The van der Waals surface area contributed by atoms with Crippen molar-refractivity contribution in [3.8, 4) is 34.1 Å². The smallest absolute Gasteiger partial charge is 0.388 e. The summed E-state index contributed by atoms with van der Waals surface area (Å²) in [6.45, 7) is 6.93. The Balaban J connectivity index is 1.80. The van der Waals surface area contributed by atoms with Crippen LogP contribution >= 0.6 is 0 Å². The highest BCUT2D eigenvalue weighted by atomic mass is 28.3. The van der Waals surface area contributed by atoms with Gasteiger partial charge in [0.2, 0.25) is 11.8 Å². The van der Waals surface area contributed by atoms with Crippen molar-refractivity contribution in [1.82, 2.24) is 29.1 Å². The maximum absolute atomic E-state index is 14.5. The summed E-state index contributed by atoms with van der Waals surface area (Å²) in [5.74, 6) is -0.130. The molecule has 0 bridgehead atoms. The molecule has 0 unspecified atom stereocenters. The lowest BCUT2D eigenvalue weighted by atomic mass is 10.0. The summed E-state index contributed by atoms with van der Waals surface area (Å²) in [4.78, 5) is 4.55. The van der Waals surface area contributed by atoms with Gasteiger partial charge in [0.05, 0.1) is 23.4 Å². The highest BCUT2D eigenvalue weighted by Gasteiger charge is 2.35. The third-order valence-electron chi connectivity index (χ3n) is 6.69. The number of rotatable bonds is 11. The SMILES string of the molecule is CCn1cc(-c2c(-c3c(C(F)F)nn4c3OCCC4)n(COCC[Si](C)(C)C)c3ncccc23)c(OC(F)F)n1. The Morgan fingerprint density at radius 1 is 1.12 bits per heavy atom. The van der Waals surface area contributed by atoms with Crippen LogP contribution in [0.2, 0.25) is 25.7 Å². The lowest BCUT2D eigenvalue weighted by Gasteiger charge is -2.19. The third-order valence-corrected chi connectivity index (χ3v) is 8.39. The Morgan fingerprint density at radius 3 is 2.62 bits per heavy atom. The van der Waals surface area contributed by atoms with Crippen molar-refractivity contribution in [2.75, 3.05) is 13.2 Å². The van der Waals surface area contributed by atoms with Crippen molar-refractivity contribution in [3.05, 3.63) is 30.2 Å². The van der Waals surface area contributed by atoms with Crippen LogP contribution in [-0.2, 0) is 24.6 Å². The average Bonchev–Trinajstić information content (AvgIpc) is 3.57. The Labute approximate surface area is 229 Å². The fourth-order valence-electron chi connectivity index (χ4n) is 4.80. The summed E-state index contributed by atoms with van der Waals surface area (Å²) in [6.07, 6.45) is 0.840. The molecule has 0 aromatic carbocycles. The summed E-state index contributed by atoms with van der Waals surface area (Å²) < 4.78 is 77.4. The van der Waals surface area contributed by atoms with E-state index in [0.29, 0.717) is 49.3 Å². The van der Waals surface area contributed by atoms with Gasteiger partial charge >= 0.3 is 6.61 Å². The molecule has 0 amide bonds. The van der Waals surface area contributed by atoms with Crippen LogP contribution in [0.5, 0.6) is 11.8 Å². The first kappa shape index (κ1) is 28.1. The first-order valence-corrected chi connectivity index (χ1v) is 16.9. The first-order chi connectivity index (χ1) is 19.1. The summed E-state index contributed by atoms with van der Waals surface area (Å²) in [5, 5.41) is 8.92. The standard InChI is InChI=1S/C26H32F4N6O3Si/c1-5-34-14-17(24(33-34)39-26(29)30)18-16-8-6-9-31-23(16)35(15-37-12-13-40(2,3)4)21(18)19-20(22(27)28)32-36-10-7-11-38-25(19)36/h6,8-9,14,22,26H,5,7,10-13,15H2,1-4H3. The van der Waals surface area contributed by atoms with Crippen LogP contribution in [0.25, 0.3) is 33.4 Å². The molecule has 0 aliphatic carbocycles. The monoisotopic (exact) mass is 580 g/mol. The molecule has 216 valence electrons. The van der Waals surface area contributed by atoms with Crippen molar-refractivity contribution in [3.63, 3.8) is 0 Å². The van der Waals surface area contributed by atoms with E-state index < -0.39 is 26.8 Å². The Bertz CT molecular complexity index is 1490. The second-order valence-corrected chi connectivity index (χ2v) is 16.4. The molecule has 14 heteroatoms. The van der Waals surface area contributed by atoms with E-state index >= 15 is 0 Å². The molecular weight excluding hydrogens is 548 g/mol. The van der Waals surface area contributed by atoms with Gasteiger partial charge in [0.15, 0.2) is 0 Å². The molecule has 0 saturated carbocycles. The topological polar surface area (TPSA) is 81.2 Å². The van der Waals surface area contributed by atoms with Crippen molar-refractivity contribution >= 4 is 19.1 Å². The lowest BCUT2D eigenvalue weighted by Crippen LogP contribution is -2.22. The second-order valence-electron chi connectivity index (χ2n) is 10.7. The minimum absolute atomic E-state index is 0.00637. The maximum Gasteiger partial charge on any atom is 0.388 e. The molecule has 0 saturated heterocycles. The van der Waals surface area contributed by atoms with Crippen LogP contribution in [-0.4, -0.2) is 57.0 Å². The van der Waals surface area contributed by atoms with E-state index in [-0.39, 0.29) is 35.3 Å². The number of hydrogen-bond acceptors (Lipinski definition) is 6. The number of aromatic nitrogens is 6. The number of alkyl halides is 4. The van der Waals surface area contributed by atoms with Gasteiger partial charge in [0.25, 0.3) is 6.43 Å². The van der Waals surface area contributed by atoms with Gasteiger partial charge in [-0.25, -0.2) is 18.4 Å². The molecule has 5 rings (SSSR count). The van der Waals surface area contributed by atoms with Gasteiger partial charge in [0, 0.05) is 57.5 Å². The number of aryl methyl sites for hydroxylation is 2. The molecule has 0 spiro atoms. The predicted octanol–water partition coefficient (Wildman–Crippen LogP) is 6.42. The molecule has 4 aromatic heterocycles. The van der Waals surface area contributed by atoms with Crippen molar-refractivity contribution < 1.29 is 31.8 Å². The summed E-state index contributed by atoms with van der Waals surface area (Å²) in [5.41, 5.74) is 0.886. The number of ether oxygens (including phenoxy) is 3. The van der Waals surface area contributed by atoms with Gasteiger partial charge < -0.3 is 18.8 Å². The van der Waals surface area contributed by atoms with Crippen LogP contribution in [0.3, 0.4) is 0 Å². The average molecular weight is 581 g/mol. The van der Waals surface area contributed by atoms with Gasteiger partial charge in [-0.15, -0.1) is 5.10 Å². The van der Waals surface area contributed by atoms with Gasteiger partial charge in [-0.1, -0.05) is 19.6 Å². The first-order valence-electron chi connectivity index (χ1n) is 13.2. The summed E-state index contributed by atoms with van der Waals surface area (Å²) >= 11 is 0. The van der Waals surface area contributed by atoms with E-state index in [0.717, 1.165) is 6.04 Å². The number of fused-ring (bicyclic) bond motifs is 2. The molecule has 0 atom stereocenters. The molecule has 0 N–H and O–H groups in total. The quantitative estimate of drug-likeness (QED) is 0.116. The zero-order valence-electron chi connectivity index (χ0n) is 22.8. The summed E-state index contributed by atoms with van der Waals surface area (Å²) in [7, 11) is -1.41. The number of nitrogens with zero attached hydrogens (tertiary/aromatic N) is 6. The molecule has 0 fully saturated rings. The van der Waals surface area contributed by atoms with Crippen LogP contribution < -0.4 is 9.47 Å². The van der Waals surface area contributed by atoms with E-state index in [9.17, 15) is 17.6 Å². The highest BCUT2D eigenvalue weighted by Crippen LogP contribution is 2.49. The number of halogens is 4. The van der Waals surface area contributed by atoms with E-state index in [1.54, 1.807) is 36.0 Å². The summed E-state index contributed by atoms with van der Waals surface area (Å²) in [6, 6.07) is 4.35. The fraction of sp³-hybridized carbons (Fsp3) is 0.500. The lowest BCUT2D eigenvalue weighted by molar-refractivity contribution is -0.0528. The van der Waals surface area contributed by atoms with E-state index in [1.807, 2.05) is 0 Å². The van der Waals surface area contributed by atoms with Crippen molar-refractivity contribution in [1.29, 1.82) is 0 Å². The molecule has 9 nitrogen and oxygen atoms in total. The van der Waals surface area contributed by atoms with Crippen LogP contribution in [0.1, 0.15) is 25.5 Å². The third kappa shape index (κ3) is 5.46. The predicted molar refractivity (Wildman–Crippen MR) is 144 cm³/mol. The molecule has 40 heavy (non-hydrogen) atoms. The van der Waals surface area contributed by atoms with E-state index in [4.69, 9.17) is 14.2 Å². The molecule has 0 radical (unpaired) electrons. The van der Waals surface area contributed by atoms with Crippen LogP contribution in [0.4, 0.5) is 17.6 Å². The van der Waals surface area contributed by atoms with E-state index in [2.05, 4.69) is 34.8 Å². The van der Waals surface area contributed by atoms with Crippen molar-refractivity contribution in [2.24, 2.45) is 0 Å². The zero-order chi connectivity index (χ0) is 28.6.